The molecule has 0 fully saturated rings. The molecule has 0 amide bonds. The van der Waals surface area contributed by atoms with Gasteiger partial charge >= 0.3 is 11.9 Å². The van der Waals surface area contributed by atoms with Gasteiger partial charge in [0, 0.05) is 5.56 Å². The molecule has 0 bridgehead atoms. The molecule has 1 aromatic carbocycles. The highest BCUT2D eigenvalue weighted by molar-refractivity contribution is 5.97. The summed E-state index contributed by atoms with van der Waals surface area (Å²) in [6, 6.07) is 10.00. The van der Waals surface area contributed by atoms with Crippen LogP contribution in [0.5, 0.6) is 0 Å². The van der Waals surface area contributed by atoms with Gasteiger partial charge in [0.05, 0.1) is 44.5 Å². The smallest absolute Gasteiger partial charge is 0.337 e. The Bertz CT molecular complexity index is 760. The molecule has 8 heteroatoms. The number of hydrogen-bond donors (Lipinski definition) is 1. The van der Waals surface area contributed by atoms with Gasteiger partial charge in [-0.1, -0.05) is 0 Å². The number of carbonyl (C=O) groups is 2. The van der Waals surface area contributed by atoms with Crippen LogP contribution < -0.4 is 5.32 Å². The van der Waals surface area contributed by atoms with Gasteiger partial charge in [-0.25, -0.2) is 9.59 Å². The second kappa shape index (κ2) is 9.47. The van der Waals surface area contributed by atoms with Gasteiger partial charge in [0.2, 0.25) is 0 Å². The Hall–Kier alpha value is -2.82. The fraction of sp³-hybridized carbons (Fsp3) is 0.235. The largest absolute Gasteiger partial charge is 0.465 e. The predicted molar refractivity (Wildman–Crippen MR) is 91.4 cm³/mol. The van der Waals surface area contributed by atoms with Crippen LogP contribution in [0.25, 0.3) is 11.3 Å². The number of halogens is 1. The Labute approximate surface area is 150 Å². The second-order valence-corrected chi connectivity index (χ2v) is 4.81. The Morgan fingerprint density at radius 2 is 1.72 bits per heavy atom. The number of benzene rings is 1. The number of furan rings is 1. The molecule has 0 aliphatic heterocycles. The van der Waals surface area contributed by atoms with E-state index in [2.05, 4.69) is 5.32 Å². The van der Waals surface area contributed by atoms with Crippen molar-refractivity contribution in [3.05, 3.63) is 47.2 Å². The lowest BCUT2D eigenvalue weighted by atomic mass is 10.0. The molecule has 0 radical (unpaired) electrons. The first-order valence-electron chi connectivity index (χ1n) is 7.07. The molecule has 132 valence electrons. The van der Waals surface area contributed by atoms with Crippen LogP contribution in [-0.2, 0) is 16.0 Å². The summed E-state index contributed by atoms with van der Waals surface area (Å²) in [6.45, 7) is 0.606. The van der Waals surface area contributed by atoms with Crippen molar-refractivity contribution < 1.29 is 23.5 Å². The molecule has 0 aliphatic rings. The molecule has 1 aromatic heterocycles. The van der Waals surface area contributed by atoms with E-state index in [0.717, 1.165) is 0 Å². The predicted octanol–water partition coefficient (Wildman–Crippen LogP) is 2.55. The minimum Gasteiger partial charge on any atom is -0.465 e. The first-order valence-corrected chi connectivity index (χ1v) is 7.07. The Morgan fingerprint density at radius 1 is 1.12 bits per heavy atom. The standard InChI is InChI=1S/C17H16N2O5.ClH/c1-22-16(20)12-7-11(8-13(9-12)17(21)23-2)15-4-3-14(24-15)10-19-6-5-18;/h3-4,7-9,19H,6,10H2,1-2H3;1H. The van der Waals surface area contributed by atoms with Crippen molar-refractivity contribution in [1.29, 1.82) is 5.26 Å². The van der Waals surface area contributed by atoms with Crippen LogP contribution in [0.2, 0.25) is 0 Å². The van der Waals surface area contributed by atoms with Gasteiger partial charge in [0.1, 0.15) is 11.5 Å². The lowest BCUT2D eigenvalue weighted by Crippen LogP contribution is -2.12. The summed E-state index contributed by atoms with van der Waals surface area (Å²) in [6.07, 6.45) is 0. The van der Waals surface area contributed by atoms with E-state index in [4.69, 9.17) is 19.2 Å². The Morgan fingerprint density at radius 3 is 2.24 bits per heavy atom. The van der Waals surface area contributed by atoms with Crippen molar-refractivity contribution in [2.24, 2.45) is 0 Å². The number of ether oxygens (including phenoxy) is 2. The number of rotatable bonds is 6. The quantitative estimate of drug-likeness (QED) is 0.477. The molecule has 0 aliphatic carbocycles. The lowest BCUT2D eigenvalue weighted by molar-refractivity contribution is 0.0599. The third-order valence-electron chi connectivity index (χ3n) is 3.22. The van der Waals surface area contributed by atoms with Crippen molar-refractivity contribution >= 4 is 24.3 Å². The summed E-state index contributed by atoms with van der Waals surface area (Å²) in [4.78, 5) is 23.6. The van der Waals surface area contributed by atoms with Gasteiger partial charge in [0.25, 0.3) is 0 Å². The summed E-state index contributed by atoms with van der Waals surface area (Å²) < 4.78 is 15.1. The maximum atomic E-state index is 11.8. The SMILES string of the molecule is COC(=O)c1cc(C(=O)OC)cc(-c2ccc(CNCC#N)o2)c1.Cl. The number of hydrogen-bond acceptors (Lipinski definition) is 7. The highest BCUT2D eigenvalue weighted by Gasteiger charge is 2.16. The fourth-order valence-electron chi connectivity index (χ4n) is 2.11. The fourth-order valence-corrected chi connectivity index (χ4v) is 2.11. The molecule has 1 heterocycles. The topological polar surface area (TPSA) is 102 Å². The van der Waals surface area contributed by atoms with Gasteiger partial charge in [0.15, 0.2) is 0 Å². The van der Waals surface area contributed by atoms with Crippen LogP contribution in [-0.4, -0.2) is 32.7 Å². The van der Waals surface area contributed by atoms with Crippen molar-refractivity contribution in [3.8, 4) is 17.4 Å². The van der Waals surface area contributed by atoms with Crippen molar-refractivity contribution in [1.82, 2.24) is 5.32 Å². The third kappa shape index (κ3) is 5.08. The summed E-state index contributed by atoms with van der Waals surface area (Å²) >= 11 is 0. The summed E-state index contributed by atoms with van der Waals surface area (Å²) in [5.41, 5.74) is 0.983. The van der Waals surface area contributed by atoms with Crippen LogP contribution in [0, 0.1) is 11.3 Å². The molecule has 2 aromatic rings. The molecule has 0 saturated heterocycles. The van der Waals surface area contributed by atoms with Crippen molar-refractivity contribution in [2.45, 2.75) is 6.54 Å². The maximum absolute atomic E-state index is 11.8. The van der Waals surface area contributed by atoms with E-state index in [-0.39, 0.29) is 30.1 Å². The highest BCUT2D eigenvalue weighted by Crippen LogP contribution is 2.25. The minimum atomic E-state index is -0.565. The third-order valence-corrected chi connectivity index (χ3v) is 3.22. The van der Waals surface area contributed by atoms with Crippen LogP contribution in [0.1, 0.15) is 26.5 Å². The van der Waals surface area contributed by atoms with Crippen molar-refractivity contribution in [2.75, 3.05) is 20.8 Å². The van der Waals surface area contributed by atoms with E-state index in [1.807, 2.05) is 6.07 Å². The molecular weight excluding hydrogens is 348 g/mol. The zero-order valence-corrected chi connectivity index (χ0v) is 14.5. The normalized spacial score (nSPS) is 9.64. The molecule has 0 unspecified atom stereocenters. The van der Waals surface area contributed by atoms with Crippen LogP contribution in [0.4, 0.5) is 0 Å². The lowest BCUT2D eigenvalue weighted by Gasteiger charge is -2.06. The number of methoxy groups -OCH3 is 2. The van der Waals surface area contributed by atoms with Gasteiger partial charge < -0.3 is 13.9 Å². The Kier molecular flexibility index (Phi) is 7.66. The number of nitrogens with zero attached hydrogens (tertiary/aromatic N) is 1. The number of nitriles is 1. The van der Waals surface area contributed by atoms with Gasteiger partial charge in [-0.15, -0.1) is 12.4 Å². The van der Waals surface area contributed by atoms with Crippen LogP contribution >= 0.6 is 12.4 Å². The zero-order chi connectivity index (χ0) is 17.5. The van der Waals surface area contributed by atoms with Crippen LogP contribution in [0.3, 0.4) is 0 Å². The molecule has 0 atom stereocenters. The molecule has 2 rings (SSSR count). The van der Waals surface area contributed by atoms with Gasteiger partial charge in [-0.05, 0) is 30.3 Å². The number of carbonyl (C=O) groups excluding carboxylic acids is 2. The monoisotopic (exact) mass is 364 g/mol. The van der Waals surface area contributed by atoms with E-state index in [1.165, 1.54) is 20.3 Å². The first kappa shape index (κ1) is 20.2. The Balaban J connectivity index is 0.00000312. The van der Waals surface area contributed by atoms with E-state index in [0.29, 0.717) is 23.6 Å². The molecule has 25 heavy (non-hydrogen) atoms. The van der Waals surface area contributed by atoms with E-state index >= 15 is 0 Å². The minimum absolute atomic E-state index is 0. The summed E-state index contributed by atoms with van der Waals surface area (Å²) in [5.74, 6) is -0.0167. The average molecular weight is 365 g/mol. The molecule has 0 spiro atoms. The average Bonchev–Trinajstić information content (AvgIpc) is 3.09. The van der Waals surface area contributed by atoms with Crippen molar-refractivity contribution in [3.63, 3.8) is 0 Å². The first-order chi connectivity index (χ1) is 11.6. The van der Waals surface area contributed by atoms with E-state index < -0.39 is 11.9 Å². The van der Waals surface area contributed by atoms with Gasteiger partial charge in [-0.3, -0.25) is 5.32 Å². The number of nitrogens with one attached hydrogen (secondary N) is 1. The van der Waals surface area contributed by atoms with E-state index in [9.17, 15) is 9.59 Å². The molecule has 0 saturated carbocycles. The number of esters is 2. The highest BCUT2D eigenvalue weighted by atomic mass is 35.5. The summed E-state index contributed by atoms with van der Waals surface area (Å²) in [5, 5.41) is 11.4. The van der Waals surface area contributed by atoms with E-state index in [1.54, 1.807) is 24.3 Å². The molecule has 7 nitrogen and oxygen atoms in total. The maximum Gasteiger partial charge on any atom is 0.337 e. The molecule has 1 N–H and O–H groups in total. The van der Waals surface area contributed by atoms with Crippen LogP contribution in [0.15, 0.2) is 34.7 Å². The zero-order valence-electron chi connectivity index (χ0n) is 13.7. The molecular formula is C17H17ClN2O5. The summed E-state index contributed by atoms with van der Waals surface area (Å²) in [7, 11) is 2.53. The second-order valence-electron chi connectivity index (χ2n) is 4.81. The van der Waals surface area contributed by atoms with Gasteiger partial charge in [-0.2, -0.15) is 5.26 Å².